The van der Waals surface area contributed by atoms with Gasteiger partial charge in [0.05, 0.1) is 6.54 Å². The van der Waals surface area contributed by atoms with Crippen LogP contribution in [0.5, 0.6) is 0 Å². The Kier molecular flexibility index (Phi) is 5.68. The Morgan fingerprint density at radius 3 is 2.37 bits per heavy atom. The van der Waals surface area contributed by atoms with E-state index in [4.69, 9.17) is 0 Å². The van der Waals surface area contributed by atoms with E-state index in [-0.39, 0.29) is 5.91 Å². The Morgan fingerprint density at radius 2 is 1.68 bits per heavy atom. The Hall–Kier alpha value is -0.570. The van der Waals surface area contributed by atoms with Gasteiger partial charge in [-0.25, -0.2) is 0 Å². The summed E-state index contributed by atoms with van der Waals surface area (Å²) in [5, 5.41) is 6.63. The van der Waals surface area contributed by atoms with Crippen LogP contribution >= 0.6 is 0 Å². The molecule has 110 valence electrons. The van der Waals surface area contributed by atoms with Gasteiger partial charge in [-0.2, -0.15) is 0 Å². The van der Waals surface area contributed by atoms with Crippen LogP contribution in [0.1, 0.15) is 65.2 Å². The third-order valence-electron chi connectivity index (χ3n) is 5.12. The average molecular weight is 266 g/mol. The van der Waals surface area contributed by atoms with Crippen LogP contribution in [0.3, 0.4) is 0 Å². The highest BCUT2D eigenvalue weighted by atomic mass is 16.1. The van der Waals surface area contributed by atoms with E-state index in [9.17, 15) is 4.79 Å². The molecule has 0 bridgehead atoms. The summed E-state index contributed by atoms with van der Waals surface area (Å²) in [5.41, 5.74) is 0. The molecule has 1 amide bonds. The van der Waals surface area contributed by atoms with Gasteiger partial charge in [0, 0.05) is 12.1 Å². The van der Waals surface area contributed by atoms with Crippen molar-refractivity contribution in [3.63, 3.8) is 0 Å². The first-order chi connectivity index (χ1) is 9.15. The van der Waals surface area contributed by atoms with Crippen LogP contribution in [0.25, 0.3) is 0 Å². The predicted octanol–water partition coefficient (Wildman–Crippen LogP) is 2.85. The lowest BCUT2D eigenvalue weighted by Gasteiger charge is -2.32. The Morgan fingerprint density at radius 1 is 0.947 bits per heavy atom. The summed E-state index contributed by atoms with van der Waals surface area (Å²) >= 11 is 0. The van der Waals surface area contributed by atoms with E-state index in [1.807, 2.05) is 0 Å². The van der Waals surface area contributed by atoms with Crippen LogP contribution in [-0.2, 0) is 4.79 Å². The number of hydrogen-bond acceptors (Lipinski definition) is 2. The zero-order valence-electron chi connectivity index (χ0n) is 12.6. The highest BCUT2D eigenvalue weighted by Crippen LogP contribution is 2.29. The Labute approximate surface area is 117 Å². The number of rotatable bonds is 4. The van der Waals surface area contributed by atoms with Crippen molar-refractivity contribution >= 4 is 5.91 Å². The third kappa shape index (κ3) is 4.79. The molecular formula is C16H30N2O. The van der Waals surface area contributed by atoms with Gasteiger partial charge in [0.1, 0.15) is 0 Å². The van der Waals surface area contributed by atoms with Gasteiger partial charge in [-0.05, 0) is 43.9 Å². The summed E-state index contributed by atoms with van der Waals surface area (Å²) in [7, 11) is 0. The van der Waals surface area contributed by atoms with E-state index in [2.05, 4.69) is 24.5 Å². The van der Waals surface area contributed by atoms with Crippen molar-refractivity contribution in [3.05, 3.63) is 0 Å². The molecule has 0 spiro atoms. The van der Waals surface area contributed by atoms with E-state index < -0.39 is 0 Å². The summed E-state index contributed by atoms with van der Waals surface area (Å²) in [4.78, 5) is 11.9. The number of carbonyl (C=O) groups excluding carboxylic acids is 1. The van der Waals surface area contributed by atoms with Crippen molar-refractivity contribution in [2.45, 2.75) is 77.3 Å². The van der Waals surface area contributed by atoms with Crippen LogP contribution in [-0.4, -0.2) is 24.5 Å². The van der Waals surface area contributed by atoms with Crippen molar-refractivity contribution in [2.75, 3.05) is 6.54 Å². The van der Waals surface area contributed by atoms with Crippen LogP contribution in [0.2, 0.25) is 0 Å². The van der Waals surface area contributed by atoms with Gasteiger partial charge in [0.15, 0.2) is 0 Å². The van der Waals surface area contributed by atoms with E-state index in [0.717, 1.165) is 11.8 Å². The van der Waals surface area contributed by atoms with E-state index in [1.54, 1.807) is 0 Å². The molecule has 19 heavy (non-hydrogen) atoms. The molecule has 3 unspecified atom stereocenters. The molecule has 2 fully saturated rings. The first-order valence-corrected chi connectivity index (χ1v) is 8.18. The number of amides is 1. The normalized spacial score (nSPS) is 33.1. The van der Waals surface area contributed by atoms with Crippen molar-refractivity contribution in [1.82, 2.24) is 10.6 Å². The fraction of sp³-hybridized carbons (Fsp3) is 0.938. The van der Waals surface area contributed by atoms with Crippen molar-refractivity contribution in [3.8, 4) is 0 Å². The second-order valence-corrected chi connectivity index (χ2v) is 6.75. The average Bonchev–Trinajstić information content (AvgIpc) is 2.41. The molecule has 2 N–H and O–H groups in total. The van der Waals surface area contributed by atoms with Crippen LogP contribution < -0.4 is 10.6 Å². The first-order valence-electron chi connectivity index (χ1n) is 8.18. The lowest BCUT2D eigenvalue weighted by molar-refractivity contribution is -0.121. The lowest BCUT2D eigenvalue weighted by atomic mass is 9.79. The summed E-state index contributed by atoms with van der Waals surface area (Å²) < 4.78 is 0. The topological polar surface area (TPSA) is 41.1 Å². The zero-order chi connectivity index (χ0) is 13.7. The molecule has 2 saturated carbocycles. The smallest absolute Gasteiger partial charge is 0.234 e. The van der Waals surface area contributed by atoms with E-state index in [0.29, 0.717) is 18.6 Å². The van der Waals surface area contributed by atoms with Crippen LogP contribution in [0.15, 0.2) is 0 Å². The van der Waals surface area contributed by atoms with Crippen LogP contribution in [0.4, 0.5) is 0 Å². The largest absolute Gasteiger partial charge is 0.352 e. The fourth-order valence-electron chi connectivity index (χ4n) is 3.50. The SMILES string of the molecule is CC1CCC(NCC(=O)NC2CCCCC2)CC1C. The number of nitrogens with one attached hydrogen (secondary N) is 2. The molecule has 0 heterocycles. The Balaban J connectivity index is 1.63. The van der Waals surface area contributed by atoms with Gasteiger partial charge < -0.3 is 10.6 Å². The van der Waals surface area contributed by atoms with Gasteiger partial charge in [-0.3, -0.25) is 4.79 Å². The maximum atomic E-state index is 11.9. The van der Waals surface area contributed by atoms with E-state index >= 15 is 0 Å². The summed E-state index contributed by atoms with van der Waals surface area (Å²) in [6, 6.07) is 0.983. The summed E-state index contributed by atoms with van der Waals surface area (Å²) in [6.07, 6.45) is 9.96. The molecule has 2 aliphatic carbocycles. The molecule has 0 aromatic heterocycles. The van der Waals surface area contributed by atoms with E-state index in [1.165, 1.54) is 51.4 Å². The van der Waals surface area contributed by atoms with Gasteiger partial charge in [0.2, 0.25) is 5.91 Å². The molecule has 3 heteroatoms. The molecule has 2 rings (SSSR count). The monoisotopic (exact) mass is 266 g/mol. The molecule has 2 aliphatic rings. The quantitative estimate of drug-likeness (QED) is 0.821. The van der Waals surface area contributed by atoms with Gasteiger partial charge >= 0.3 is 0 Å². The standard InChI is InChI=1S/C16H30N2O/c1-12-8-9-15(10-13(12)2)17-11-16(19)18-14-6-4-3-5-7-14/h12-15,17H,3-11H2,1-2H3,(H,18,19). The minimum atomic E-state index is 0.193. The van der Waals surface area contributed by atoms with Crippen LogP contribution in [0, 0.1) is 11.8 Å². The van der Waals surface area contributed by atoms with Gasteiger partial charge in [-0.1, -0.05) is 33.1 Å². The molecule has 0 radical (unpaired) electrons. The van der Waals surface area contributed by atoms with Crippen molar-refractivity contribution < 1.29 is 4.79 Å². The molecule has 3 atom stereocenters. The van der Waals surface area contributed by atoms with Gasteiger partial charge in [-0.15, -0.1) is 0 Å². The third-order valence-corrected chi connectivity index (χ3v) is 5.12. The molecule has 0 aliphatic heterocycles. The second kappa shape index (κ2) is 7.28. The molecule has 0 aromatic rings. The minimum absolute atomic E-state index is 0.193. The second-order valence-electron chi connectivity index (χ2n) is 6.75. The number of hydrogen-bond donors (Lipinski definition) is 2. The molecule has 0 aromatic carbocycles. The maximum absolute atomic E-state index is 11.9. The highest BCUT2D eigenvalue weighted by molar-refractivity contribution is 5.78. The Bertz CT molecular complexity index is 286. The van der Waals surface area contributed by atoms with Crippen molar-refractivity contribution in [1.29, 1.82) is 0 Å². The molecular weight excluding hydrogens is 236 g/mol. The fourth-order valence-corrected chi connectivity index (χ4v) is 3.50. The summed E-state index contributed by atoms with van der Waals surface area (Å²) in [5.74, 6) is 1.82. The van der Waals surface area contributed by atoms with Crippen molar-refractivity contribution in [2.24, 2.45) is 11.8 Å². The predicted molar refractivity (Wildman–Crippen MR) is 79.0 cm³/mol. The minimum Gasteiger partial charge on any atom is -0.352 e. The zero-order valence-corrected chi connectivity index (χ0v) is 12.6. The van der Waals surface area contributed by atoms with Gasteiger partial charge in [0.25, 0.3) is 0 Å². The lowest BCUT2D eigenvalue weighted by Crippen LogP contribution is -2.45. The molecule has 0 saturated heterocycles. The highest BCUT2D eigenvalue weighted by Gasteiger charge is 2.24. The maximum Gasteiger partial charge on any atom is 0.234 e. The summed E-state index contributed by atoms with van der Waals surface area (Å²) in [6.45, 7) is 5.18. The first kappa shape index (κ1) is 14.8. The number of carbonyl (C=O) groups is 1. The molecule has 3 nitrogen and oxygen atoms in total.